The first-order valence-corrected chi connectivity index (χ1v) is 7.32. The molecule has 0 aliphatic heterocycles. The maximum atomic E-state index is 4.55. The first kappa shape index (κ1) is 14.0. The highest BCUT2D eigenvalue weighted by Gasteiger charge is 2.05. The lowest BCUT2D eigenvalue weighted by Gasteiger charge is -2.15. The molecule has 2 rings (SSSR count). The molecular formula is C17H24N2. The van der Waals surface area contributed by atoms with E-state index in [1.54, 1.807) is 0 Å². The number of nitrogens with one attached hydrogen (secondary N) is 1. The van der Waals surface area contributed by atoms with Crippen LogP contribution in [0.1, 0.15) is 37.9 Å². The van der Waals surface area contributed by atoms with Crippen molar-refractivity contribution < 1.29 is 0 Å². The molecule has 1 aromatic heterocycles. The van der Waals surface area contributed by atoms with E-state index in [9.17, 15) is 0 Å². The number of hydrogen-bond donors (Lipinski definition) is 1. The van der Waals surface area contributed by atoms with E-state index in [1.165, 1.54) is 23.8 Å². The minimum atomic E-state index is 0.636. The first-order chi connectivity index (χ1) is 9.22. The van der Waals surface area contributed by atoms with Gasteiger partial charge in [0, 0.05) is 17.1 Å². The minimum Gasteiger partial charge on any atom is -0.314 e. The highest BCUT2D eigenvalue weighted by atomic mass is 14.9. The van der Waals surface area contributed by atoms with Gasteiger partial charge in [-0.15, -0.1) is 0 Å². The number of rotatable bonds is 6. The van der Waals surface area contributed by atoms with Crippen molar-refractivity contribution in [2.45, 2.75) is 46.1 Å². The average molecular weight is 256 g/mol. The van der Waals surface area contributed by atoms with E-state index in [0.29, 0.717) is 6.04 Å². The largest absolute Gasteiger partial charge is 0.314 e. The predicted octanol–water partition coefficient (Wildman–Crippen LogP) is 3.86. The minimum absolute atomic E-state index is 0.636. The number of aryl methyl sites for hydroxylation is 2. The molecule has 1 atom stereocenters. The Morgan fingerprint density at radius 1 is 1.16 bits per heavy atom. The quantitative estimate of drug-likeness (QED) is 0.849. The fourth-order valence-corrected chi connectivity index (χ4v) is 2.51. The molecule has 19 heavy (non-hydrogen) atoms. The Kier molecular flexibility index (Phi) is 4.92. The lowest BCUT2D eigenvalue weighted by molar-refractivity contribution is 0.481. The van der Waals surface area contributed by atoms with Gasteiger partial charge >= 0.3 is 0 Å². The predicted molar refractivity (Wildman–Crippen MR) is 82.6 cm³/mol. The van der Waals surface area contributed by atoms with Gasteiger partial charge in [-0.25, -0.2) is 0 Å². The van der Waals surface area contributed by atoms with E-state index in [-0.39, 0.29) is 0 Å². The van der Waals surface area contributed by atoms with Gasteiger partial charge in [0.25, 0.3) is 0 Å². The summed E-state index contributed by atoms with van der Waals surface area (Å²) < 4.78 is 0. The van der Waals surface area contributed by atoms with Crippen molar-refractivity contribution in [1.29, 1.82) is 0 Å². The maximum Gasteiger partial charge on any atom is 0.0705 e. The highest BCUT2D eigenvalue weighted by Crippen LogP contribution is 2.16. The molecule has 1 aromatic carbocycles. The van der Waals surface area contributed by atoms with Crippen LogP contribution in [0.2, 0.25) is 0 Å². The third kappa shape index (κ3) is 3.77. The number of hydrogen-bond acceptors (Lipinski definition) is 2. The lowest BCUT2D eigenvalue weighted by Crippen LogP contribution is -2.28. The summed E-state index contributed by atoms with van der Waals surface area (Å²) >= 11 is 0. The van der Waals surface area contributed by atoms with Crippen LogP contribution >= 0.6 is 0 Å². The molecule has 0 spiro atoms. The van der Waals surface area contributed by atoms with Gasteiger partial charge in [-0.05, 0) is 56.5 Å². The van der Waals surface area contributed by atoms with Crippen molar-refractivity contribution in [3.8, 4) is 0 Å². The molecule has 1 unspecified atom stereocenters. The number of pyridine rings is 1. The van der Waals surface area contributed by atoms with Crippen LogP contribution in [-0.4, -0.2) is 17.6 Å². The molecular weight excluding hydrogens is 232 g/mol. The monoisotopic (exact) mass is 256 g/mol. The topological polar surface area (TPSA) is 24.9 Å². The molecule has 102 valence electrons. The van der Waals surface area contributed by atoms with Gasteiger partial charge in [-0.2, -0.15) is 0 Å². The third-order valence-corrected chi connectivity index (χ3v) is 3.66. The van der Waals surface area contributed by atoms with Gasteiger partial charge in [0.1, 0.15) is 0 Å². The fourth-order valence-electron chi connectivity index (χ4n) is 2.51. The highest BCUT2D eigenvalue weighted by molar-refractivity contribution is 5.79. The standard InChI is InChI=1S/C17H24N2/c1-4-16(18-5-2)10-7-14-8-11-17-15(12-14)9-6-13(3)19-17/h6,8-9,11-12,16,18H,4-5,7,10H2,1-3H3. The van der Waals surface area contributed by atoms with Crippen molar-refractivity contribution in [2.24, 2.45) is 0 Å². The molecule has 0 amide bonds. The van der Waals surface area contributed by atoms with Crippen molar-refractivity contribution in [3.63, 3.8) is 0 Å². The first-order valence-electron chi connectivity index (χ1n) is 7.32. The Morgan fingerprint density at radius 2 is 2.00 bits per heavy atom. The van der Waals surface area contributed by atoms with E-state index in [1.807, 2.05) is 6.92 Å². The molecule has 1 N–H and O–H groups in total. The molecule has 1 heterocycles. The van der Waals surface area contributed by atoms with Gasteiger partial charge < -0.3 is 5.32 Å². The van der Waals surface area contributed by atoms with Crippen LogP contribution in [0.3, 0.4) is 0 Å². The number of fused-ring (bicyclic) bond motifs is 1. The number of nitrogens with zero attached hydrogens (tertiary/aromatic N) is 1. The van der Waals surface area contributed by atoms with Crippen LogP contribution < -0.4 is 5.32 Å². The zero-order valence-corrected chi connectivity index (χ0v) is 12.2. The summed E-state index contributed by atoms with van der Waals surface area (Å²) in [6, 6.07) is 11.5. The summed E-state index contributed by atoms with van der Waals surface area (Å²) in [6.07, 6.45) is 3.53. The Balaban J connectivity index is 2.07. The second kappa shape index (κ2) is 6.67. The molecule has 2 heteroatoms. The van der Waals surface area contributed by atoms with Crippen LogP contribution in [0.5, 0.6) is 0 Å². The van der Waals surface area contributed by atoms with Gasteiger partial charge in [-0.1, -0.05) is 26.0 Å². The average Bonchev–Trinajstić information content (AvgIpc) is 2.43. The van der Waals surface area contributed by atoms with Crippen LogP contribution in [-0.2, 0) is 6.42 Å². The van der Waals surface area contributed by atoms with E-state index in [2.05, 4.69) is 54.5 Å². The second-order valence-electron chi connectivity index (χ2n) is 5.18. The molecule has 0 fully saturated rings. The summed E-state index contributed by atoms with van der Waals surface area (Å²) in [5.74, 6) is 0. The van der Waals surface area contributed by atoms with Crippen LogP contribution in [0.15, 0.2) is 30.3 Å². The van der Waals surface area contributed by atoms with E-state index in [4.69, 9.17) is 0 Å². The second-order valence-corrected chi connectivity index (χ2v) is 5.18. The Hall–Kier alpha value is -1.41. The van der Waals surface area contributed by atoms with E-state index in [0.717, 1.165) is 24.2 Å². The zero-order valence-electron chi connectivity index (χ0n) is 12.2. The van der Waals surface area contributed by atoms with Gasteiger partial charge in [0.05, 0.1) is 5.52 Å². The van der Waals surface area contributed by atoms with Crippen molar-refractivity contribution in [1.82, 2.24) is 10.3 Å². The maximum absolute atomic E-state index is 4.55. The van der Waals surface area contributed by atoms with Crippen molar-refractivity contribution in [2.75, 3.05) is 6.54 Å². The molecule has 2 aromatic rings. The molecule has 2 nitrogen and oxygen atoms in total. The molecule has 0 saturated heterocycles. The molecule has 0 saturated carbocycles. The summed E-state index contributed by atoms with van der Waals surface area (Å²) in [5.41, 5.74) is 3.59. The van der Waals surface area contributed by atoms with Gasteiger partial charge in [-0.3, -0.25) is 4.98 Å². The Bertz CT molecular complexity index is 534. The summed E-state index contributed by atoms with van der Waals surface area (Å²) in [5, 5.41) is 4.78. The summed E-state index contributed by atoms with van der Waals surface area (Å²) in [7, 11) is 0. The number of benzene rings is 1. The fraction of sp³-hybridized carbons (Fsp3) is 0.471. The molecule has 0 radical (unpaired) electrons. The van der Waals surface area contributed by atoms with Crippen LogP contribution in [0, 0.1) is 6.92 Å². The summed E-state index contributed by atoms with van der Waals surface area (Å²) in [6.45, 7) is 7.52. The number of aromatic nitrogens is 1. The van der Waals surface area contributed by atoms with Crippen molar-refractivity contribution >= 4 is 10.9 Å². The molecule has 0 bridgehead atoms. The molecule has 0 aliphatic rings. The van der Waals surface area contributed by atoms with Crippen LogP contribution in [0.25, 0.3) is 10.9 Å². The smallest absolute Gasteiger partial charge is 0.0705 e. The van der Waals surface area contributed by atoms with Crippen molar-refractivity contribution in [3.05, 3.63) is 41.6 Å². The summed E-state index contributed by atoms with van der Waals surface area (Å²) in [4.78, 5) is 4.55. The third-order valence-electron chi connectivity index (χ3n) is 3.66. The Morgan fingerprint density at radius 3 is 2.74 bits per heavy atom. The SMILES string of the molecule is CCNC(CC)CCc1ccc2nc(C)ccc2c1. The van der Waals surface area contributed by atoms with Gasteiger partial charge in [0.2, 0.25) is 0 Å². The Labute approximate surface area is 116 Å². The molecule has 0 aliphatic carbocycles. The van der Waals surface area contributed by atoms with E-state index >= 15 is 0 Å². The van der Waals surface area contributed by atoms with E-state index < -0.39 is 0 Å². The van der Waals surface area contributed by atoms with Crippen LogP contribution in [0.4, 0.5) is 0 Å². The van der Waals surface area contributed by atoms with Gasteiger partial charge in [0.15, 0.2) is 0 Å². The zero-order chi connectivity index (χ0) is 13.7. The normalized spacial score (nSPS) is 12.8. The lowest BCUT2D eigenvalue weighted by atomic mass is 10.0.